The van der Waals surface area contributed by atoms with Crippen LogP contribution in [-0.2, 0) is 7.05 Å². The molecule has 78 valence electrons. The normalized spacial score (nSPS) is 10.9. The summed E-state index contributed by atoms with van der Waals surface area (Å²) in [4.78, 5) is 11.2. The number of benzene rings is 1. The van der Waals surface area contributed by atoms with Gasteiger partial charge in [0.1, 0.15) is 0 Å². The van der Waals surface area contributed by atoms with Gasteiger partial charge >= 0.3 is 0 Å². The van der Waals surface area contributed by atoms with Gasteiger partial charge in [-0.05, 0) is 12.1 Å². The van der Waals surface area contributed by atoms with Crippen LogP contribution in [0.1, 0.15) is 17.4 Å². The minimum atomic E-state index is -0.904. The molecule has 0 saturated carbocycles. The fourth-order valence-corrected chi connectivity index (χ4v) is 1.67. The van der Waals surface area contributed by atoms with E-state index in [-0.39, 0.29) is 5.78 Å². The lowest BCUT2D eigenvalue weighted by atomic mass is 10.2. The second kappa shape index (κ2) is 3.15. The van der Waals surface area contributed by atoms with E-state index < -0.39 is 11.6 Å². The molecular weight excluding hydrogens is 200 g/mol. The van der Waals surface area contributed by atoms with Gasteiger partial charge in [0, 0.05) is 25.4 Å². The molecule has 4 heteroatoms. The minimum absolute atomic E-state index is 0.130. The van der Waals surface area contributed by atoms with Crippen LogP contribution in [-0.4, -0.2) is 10.4 Å². The van der Waals surface area contributed by atoms with Gasteiger partial charge in [0.15, 0.2) is 17.4 Å². The predicted molar refractivity (Wildman–Crippen MR) is 52.8 cm³/mol. The molecule has 1 aromatic carbocycles. The van der Waals surface area contributed by atoms with Crippen molar-refractivity contribution in [2.24, 2.45) is 7.05 Å². The lowest BCUT2D eigenvalue weighted by Gasteiger charge is -2.00. The molecule has 0 spiro atoms. The molecule has 0 saturated heterocycles. The summed E-state index contributed by atoms with van der Waals surface area (Å²) >= 11 is 0. The number of carbonyl (C=O) groups is 1. The first-order chi connectivity index (χ1) is 7.00. The maximum absolute atomic E-state index is 13.0. The van der Waals surface area contributed by atoms with E-state index in [1.54, 1.807) is 17.7 Å². The van der Waals surface area contributed by atoms with Gasteiger partial charge in [0.25, 0.3) is 0 Å². The van der Waals surface area contributed by atoms with E-state index in [2.05, 4.69) is 0 Å². The minimum Gasteiger partial charge on any atom is -0.341 e. The van der Waals surface area contributed by atoms with Gasteiger partial charge in [0.05, 0.1) is 11.2 Å². The van der Waals surface area contributed by atoms with E-state index >= 15 is 0 Å². The Balaban J connectivity index is 2.83. The quantitative estimate of drug-likeness (QED) is 0.662. The van der Waals surface area contributed by atoms with Crippen molar-refractivity contribution < 1.29 is 13.6 Å². The third-order valence-electron chi connectivity index (χ3n) is 2.45. The summed E-state index contributed by atoms with van der Waals surface area (Å²) in [6, 6.07) is 3.74. The highest BCUT2D eigenvalue weighted by Gasteiger charge is 2.12. The molecule has 0 aliphatic carbocycles. The maximum Gasteiger partial charge on any atom is 0.176 e. The zero-order chi connectivity index (χ0) is 11.2. The number of aromatic nitrogens is 1. The Labute approximate surface area is 85.1 Å². The molecule has 0 radical (unpaired) electrons. The van der Waals surface area contributed by atoms with E-state index in [9.17, 15) is 13.6 Å². The van der Waals surface area contributed by atoms with Gasteiger partial charge in [-0.1, -0.05) is 0 Å². The highest BCUT2D eigenvalue weighted by Crippen LogP contribution is 2.22. The summed E-state index contributed by atoms with van der Waals surface area (Å²) in [5.41, 5.74) is 0.953. The first-order valence-electron chi connectivity index (χ1n) is 4.46. The van der Waals surface area contributed by atoms with E-state index in [1.807, 2.05) is 0 Å². The lowest BCUT2D eigenvalue weighted by Crippen LogP contribution is -2.00. The standard InChI is InChI=1S/C11H9F2NO/c1-6(15)10-4-7-3-8(12)9(13)5-11(7)14(10)2/h3-5H,1-2H3. The van der Waals surface area contributed by atoms with Gasteiger partial charge in [-0.2, -0.15) is 0 Å². The Morgan fingerprint density at radius 1 is 1.20 bits per heavy atom. The van der Waals surface area contributed by atoms with Crippen LogP contribution in [0.15, 0.2) is 18.2 Å². The fraction of sp³-hybridized carbons (Fsp3) is 0.182. The molecule has 0 atom stereocenters. The van der Waals surface area contributed by atoms with Crippen molar-refractivity contribution in [3.05, 3.63) is 35.5 Å². The molecule has 1 heterocycles. The van der Waals surface area contributed by atoms with Gasteiger partial charge < -0.3 is 4.57 Å². The third-order valence-corrected chi connectivity index (χ3v) is 2.45. The Morgan fingerprint density at radius 2 is 1.80 bits per heavy atom. The third kappa shape index (κ3) is 1.42. The zero-order valence-electron chi connectivity index (χ0n) is 8.34. The van der Waals surface area contributed by atoms with Gasteiger partial charge in [-0.15, -0.1) is 0 Å². The molecule has 0 aliphatic heterocycles. The highest BCUT2D eigenvalue weighted by molar-refractivity contribution is 5.98. The SMILES string of the molecule is CC(=O)c1cc2cc(F)c(F)cc2n1C. The number of aryl methyl sites for hydroxylation is 1. The van der Waals surface area contributed by atoms with Crippen LogP contribution in [0.5, 0.6) is 0 Å². The fourth-order valence-electron chi connectivity index (χ4n) is 1.67. The summed E-state index contributed by atoms with van der Waals surface area (Å²) in [5.74, 6) is -1.93. The molecule has 2 rings (SSSR count). The smallest absolute Gasteiger partial charge is 0.176 e. The Hall–Kier alpha value is -1.71. The monoisotopic (exact) mass is 209 g/mol. The van der Waals surface area contributed by atoms with Gasteiger partial charge in [-0.25, -0.2) is 8.78 Å². The van der Waals surface area contributed by atoms with E-state index in [1.165, 1.54) is 6.92 Å². The van der Waals surface area contributed by atoms with Crippen molar-refractivity contribution in [3.8, 4) is 0 Å². The van der Waals surface area contributed by atoms with Crippen molar-refractivity contribution >= 4 is 16.7 Å². The Bertz CT molecular complexity index is 557. The summed E-state index contributed by atoms with van der Waals surface area (Å²) in [5, 5.41) is 0.529. The second-order valence-electron chi connectivity index (χ2n) is 3.47. The summed E-state index contributed by atoms with van der Waals surface area (Å²) in [7, 11) is 1.65. The van der Waals surface area contributed by atoms with Crippen LogP contribution < -0.4 is 0 Å². The van der Waals surface area contributed by atoms with Crippen molar-refractivity contribution in [2.75, 3.05) is 0 Å². The Kier molecular flexibility index (Phi) is 2.07. The van der Waals surface area contributed by atoms with Crippen LogP contribution in [0.4, 0.5) is 8.78 Å². The van der Waals surface area contributed by atoms with Crippen LogP contribution in [0.25, 0.3) is 10.9 Å². The van der Waals surface area contributed by atoms with E-state index in [0.29, 0.717) is 16.6 Å². The number of hydrogen-bond acceptors (Lipinski definition) is 1. The van der Waals surface area contributed by atoms with E-state index in [0.717, 1.165) is 12.1 Å². The largest absolute Gasteiger partial charge is 0.341 e. The molecule has 0 N–H and O–H groups in total. The second-order valence-corrected chi connectivity index (χ2v) is 3.47. The number of nitrogens with zero attached hydrogens (tertiary/aromatic N) is 1. The predicted octanol–water partition coefficient (Wildman–Crippen LogP) is 2.66. The molecule has 2 nitrogen and oxygen atoms in total. The number of rotatable bonds is 1. The van der Waals surface area contributed by atoms with Crippen LogP contribution in [0.2, 0.25) is 0 Å². The molecule has 0 unspecified atom stereocenters. The molecule has 2 aromatic rings. The van der Waals surface area contributed by atoms with Gasteiger partial charge in [-0.3, -0.25) is 4.79 Å². The molecule has 0 fully saturated rings. The van der Waals surface area contributed by atoms with Crippen LogP contribution in [0.3, 0.4) is 0 Å². The van der Waals surface area contributed by atoms with Crippen LogP contribution >= 0.6 is 0 Å². The molecule has 1 aromatic heterocycles. The molecule has 0 aliphatic rings. The molecule has 15 heavy (non-hydrogen) atoms. The van der Waals surface area contributed by atoms with Crippen molar-refractivity contribution in [1.29, 1.82) is 0 Å². The number of fused-ring (bicyclic) bond motifs is 1. The van der Waals surface area contributed by atoms with Crippen molar-refractivity contribution in [3.63, 3.8) is 0 Å². The maximum atomic E-state index is 13.0. The number of Topliss-reactive ketones (excluding diaryl/α,β-unsaturated/α-hetero) is 1. The number of halogens is 2. The molecular formula is C11H9F2NO. The first kappa shape index (κ1) is 9.83. The summed E-state index contributed by atoms with van der Waals surface area (Å²) < 4.78 is 27.4. The molecule has 0 bridgehead atoms. The topological polar surface area (TPSA) is 22.0 Å². The van der Waals surface area contributed by atoms with E-state index in [4.69, 9.17) is 0 Å². The number of ketones is 1. The lowest BCUT2D eigenvalue weighted by molar-refractivity contribution is 0.101. The number of hydrogen-bond donors (Lipinski definition) is 0. The average molecular weight is 209 g/mol. The van der Waals surface area contributed by atoms with Gasteiger partial charge in [0.2, 0.25) is 0 Å². The van der Waals surface area contributed by atoms with Crippen molar-refractivity contribution in [2.45, 2.75) is 6.92 Å². The van der Waals surface area contributed by atoms with Crippen molar-refractivity contribution in [1.82, 2.24) is 4.57 Å². The van der Waals surface area contributed by atoms with Crippen LogP contribution in [0, 0.1) is 11.6 Å². The average Bonchev–Trinajstić information content (AvgIpc) is 2.46. The molecule has 0 amide bonds. The highest BCUT2D eigenvalue weighted by atomic mass is 19.2. The number of carbonyl (C=O) groups excluding carboxylic acids is 1. The summed E-state index contributed by atoms with van der Waals surface area (Å²) in [6.07, 6.45) is 0. The Morgan fingerprint density at radius 3 is 2.40 bits per heavy atom. The zero-order valence-corrected chi connectivity index (χ0v) is 8.34. The first-order valence-corrected chi connectivity index (χ1v) is 4.46. The summed E-state index contributed by atoms with van der Waals surface area (Å²) in [6.45, 7) is 1.42.